The van der Waals surface area contributed by atoms with Crippen LogP contribution in [0.15, 0.2) is 0 Å². The lowest BCUT2D eigenvalue weighted by atomic mass is 9.91. The molecule has 0 radical (unpaired) electrons. The topological polar surface area (TPSA) is 23.8 Å². The molecule has 1 aliphatic carbocycles. The van der Waals surface area contributed by atoms with Crippen molar-refractivity contribution in [1.29, 1.82) is 5.26 Å². The van der Waals surface area contributed by atoms with Crippen molar-refractivity contribution in [2.75, 3.05) is 0 Å². The molecule has 0 bridgehead atoms. The lowest BCUT2D eigenvalue weighted by Gasteiger charge is -2.13. The van der Waals surface area contributed by atoms with Crippen molar-refractivity contribution in [2.24, 2.45) is 17.8 Å². The predicted octanol–water partition coefficient (Wildman–Crippen LogP) is 3.36. The molecule has 1 aliphatic rings. The van der Waals surface area contributed by atoms with Crippen LogP contribution < -0.4 is 0 Å². The van der Waals surface area contributed by atoms with Gasteiger partial charge in [-0.05, 0) is 30.6 Å². The van der Waals surface area contributed by atoms with Crippen LogP contribution in [-0.2, 0) is 0 Å². The Kier molecular flexibility index (Phi) is 3.59. The van der Waals surface area contributed by atoms with Crippen molar-refractivity contribution in [2.45, 2.75) is 46.0 Å². The minimum absolute atomic E-state index is 0.713. The van der Waals surface area contributed by atoms with Gasteiger partial charge in [-0.2, -0.15) is 5.26 Å². The first-order chi connectivity index (χ1) is 5.81. The fraction of sp³-hybridized carbons (Fsp3) is 0.909. The standard InChI is InChI=1S/C11H19N/c1-3-9-7-10(4-2)11(8-9)5-6-12/h9-11H,3-5,7-8H2,1-2H3. The maximum absolute atomic E-state index is 8.65. The van der Waals surface area contributed by atoms with Crippen LogP contribution in [-0.4, -0.2) is 0 Å². The molecule has 3 atom stereocenters. The van der Waals surface area contributed by atoms with Crippen molar-refractivity contribution in [3.8, 4) is 6.07 Å². The molecule has 0 N–H and O–H groups in total. The van der Waals surface area contributed by atoms with Gasteiger partial charge in [-0.3, -0.25) is 0 Å². The molecule has 0 amide bonds. The molecule has 3 unspecified atom stereocenters. The zero-order chi connectivity index (χ0) is 8.97. The van der Waals surface area contributed by atoms with Crippen LogP contribution in [0.2, 0.25) is 0 Å². The highest BCUT2D eigenvalue weighted by molar-refractivity contribution is 4.87. The van der Waals surface area contributed by atoms with E-state index in [-0.39, 0.29) is 0 Å². The summed E-state index contributed by atoms with van der Waals surface area (Å²) in [7, 11) is 0. The second kappa shape index (κ2) is 4.50. The van der Waals surface area contributed by atoms with Gasteiger partial charge in [0.25, 0.3) is 0 Å². The highest BCUT2D eigenvalue weighted by Gasteiger charge is 2.31. The van der Waals surface area contributed by atoms with E-state index in [2.05, 4.69) is 19.9 Å². The fourth-order valence-electron chi connectivity index (χ4n) is 2.54. The molecule has 1 saturated carbocycles. The Bertz CT molecular complexity index is 168. The quantitative estimate of drug-likeness (QED) is 0.629. The number of nitriles is 1. The Balaban J connectivity index is 2.45. The van der Waals surface area contributed by atoms with Crippen molar-refractivity contribution in [3.63, 3.8) is 0 Å². The maximum atomic E-state index is 8.65. The van der Waals surface area contributed by atoms with Crippen LogP contribution in [0.5, 0.6) is 0 Å². The van der Waals surface area contributed by atoms with E-state index in [4.69, 9.17) is 5.26 Å². The Morgan fingerprint density at radius 3 is 2.33 bits per heavy atom. The molecule has 1 fully saturated rings. The average Bonchev–Trinajstić information content (AvgIpc) is 2.48. The second-order valence-corrected chi connectivity index (χ2v) is 4.04. The van der Waals surface area contributed by atoms with Crippen LogP contribution in [0.1, 0.15) is 46.0 Å². The van der Waals surface area contributed by atoms with Crippen molar-refractivity contribution in [3.05, 3.63) is 0 Å². The minimum Gasteiger partial charge on any atom is -0.198 e. The van der Waals surface area contributed by atoms with Crippen LogP contribution in [0.3, 0.4) is 0 Å². The van der Waals surface area contributed by atoms with Gasteiger partial charge in [0.05, 0.1) is 6.07 Å². The normalized spacial score (nSPS) is 34.9. The molecular formula is C11H19N. The third-order valence-corrected chi connectivity index (χ3v) is 3.39. The summed E-state index contributed by atoms with van der Waals surface area (Å²) in [6.45, 7) is 4.53. The van der Waals surface area contributed by atoms with E-state index in [0.717, 1.165) is 18.3 Å². The van der Waals surface area contributed by atoms with Crippen molar-refractivity contribution < 1.29 is 0 Å². The summed E-state index contributed by atoms with van der Waals surface area (Å²) in [5.41, 5.74) is 0. The molecule has 0 aromatic carbocycles. The van der Waals surface area contributed by atoms with Crippen molar-refractivity contribution in [1.82, 2.24) is 0 Å². The molecule has 1 heteroatoms. The number of hydrogen-bond acceptors (Lipinski definition) is 1. The molecule has 0 heterocycles. The summed E-state index contributed by atoms with van der Waals surface area (Å²) in [4.78, 5) is 0. The fourth-order valence-corrected chi connectivity index (χ4v) is 2.54. The number of hydrogen-bond donors (Lipinski definition) is 0. The zero-order valence-corrected chi connectivity index (χ0v) is 8.21. The Morgan fingerprint density at radius 2 is 1.83 bits per heavy atom. The van der Waals surface area contributed by atoms with E-state index in [1.165, 1.54) is 25.7 Å². The Morgan fingerprint density at radius 1 is 1.17 bits per heavy atom. The summed E-state index contributed by atoms with van der Waals surface area (Å²) in [6, 6.07) is 2.32. The van der Waals surface area contributed by atoms with Crippen LogP contribution in [0.4, 0.5) is 0 Å². The summed E-state index contributed by atoms with van der Waals surface area (Å²) >= 11 is 0. The highest BCUT2D eigenvalue weighted by atomic mass is 14.4. The largest absolute Gasteiger partial charge is 0.198 e. The number of rotatable bonds is 3. The molecule has 12 heavy (non-hydrogen) atoms. The lowest BCUT2D eigenvalue weighted by molar-refractivity contribution is 0.383. The van der Waals surface area contributed by atoms with Gasteiger partial charge in [-0.15, -0.1) is 0 Å². The lowest BCUT2D eigenvalue weighted by Crippen LogP contribution is -2.05. The summed E-state index contributed by atoms with van der Waals surface area (Å²) in [6.07, 6.45) is 6.04. The van der Waals surface area contributed by atoms with E-state index in [1.54, 1.807) is 0 Å². The summed E-state index contributed by atoms with van der Waals surface area (Å²) < 4.78 is 0. The van der Waals surface area contributed by atoms with Gasteiger partial charge in [0.15, 0.2) is 0 Å². The van der Waals surface area contributed by atoms with Gasteiger partial charge >= 0.3 is 0 Å². The molecule has 1 rings (SSSR count). The van der Waals surface area contributed by atoms with Gasteiger partial charge in [-0.1, -0.05) is 26.7 Å². The molecule has 0 aromatic rings. The maximum Gasteiger partial charge on any atom is 0.0624 e. The van der Waals surface area contributed by atoms with Crippen LogP contribution in [0.25, 0.3) is 0 Å². The van der Waals surface area contributed by atoms with E-state index in [9.17, 15) is 0 Å². The monoisotopic (exact) mass is 165 g/mol. The molecule has 0 aliphatic heterocycles. The molecule has 1 nitrogen and oxygen atoms in total. The van der Waals surface area contributed by atoms with Crippen LogP contribution in [0, 0.1) is 29.1 Å². The first-order valence-corrected chi connectivity index (χ1v) is 5.18. The summed E-state index contributed by atoms with van der Waals surface area (Å²) in [5.74, 6) is 2.47. The molecular weight excluding hydrogens is 146 g/mol. The molecule has 0 saturated heterocycles. The van der Waals surface area contributed by atoms with E-state index < -0.39 is 0 Å². The van der Waals surface area contributed by atoms with E-state index in [0.29, 0.717) is 5.92 Å². The van der Waals surface area contributed by atoms with Crippen LogP contribution >= 0.6 is 0 Å². The van der Waals surface area contributed by atoms with Gasteiger partial charge in [-0.25, -0.2) is 0 Å². The van der Waals surface area contributed by atoms with Gasteiger partial charge in [0, 0.05) is 6.42 Å². The third kappa shape index (κ3) is 2.00. The van der Waals surface area contributed by atoms with E-state index in [1.807, 2.05) is 0 Å². The zero-order valence-electron chi connectivity index (χ0n) is 8.21. The smallest absolute Gasteiger partial charge is 0.0624 e. The Labute approximate surface area is 75.8 Å². The van der Waals surface area contributed by atoms with Gasteiger partial charge in [0.1, 0.15) is 0 Å². The molecule has 68 valence electrons. The molecule has 0 spiro atoms. The highest BCUT2D eigenvalue weighted by Crippen LogP contribution is 2.41. The summed E-state index contributed by atoms with van der Waals surface area (Å²) in [5, 5.41) is 8.65. The van der Waals surface area contributed by atoms with Gasteiger partial charge in [0.2, 0.25) is 0 Å². The molecule has 0 aromatic heterocycles. The second-order valence-electron chi connectivity index (χ2n) is 4.04. The predicted molar refractivity (Wildman–Crippen MR) is 50.5 cm³/mol. The number of nitrogens with zero attached hydrogens (tertiary/aromatic N) is 1. The minimum atomic E-state index is 0.713. The van der Waals surface area contributed by atoms with E-state index >= 15 is 0 Å². The average molecular weight is 165 g/mol. The van der Waals surface area contributed by atoms with Crippen molar-refractivity contribution >= 4 is 0 Å². The SMILES string of the molecule is CCC1CC(CC)C(CC#N)C1. The third-order valence-electron chi connectivity index (χ3n) is 3.39. The van der Waals surface area contributed by atoms with Gasteiger partial charge < -0.3 is 0 Å². The first-order valence-electron chi connectivity index (χ1n) is 5.18. The first kappa shape index (κ1) is 9.58. The Hall–Kier alpha value is -0.510.